The van der Waals surface area contributed by atoms with E-state index in [1.54, 1.807) is 0 Å². The molecule has 0 aliphatic heterocycles. The third-order valence-electron chi connectivity index (χ3n) is 1.77. The molecular formula is C9H20N2O2S. The van der Waals surface area contributed by atoms with E-state index in [-0.39, 0.29) is 5.91 Å². The van der Waals surface area contributed by atoms with Crippen LogP contribution in [0.1, 0.15) is 26.7 Å². The third-order valence-corrected chi connectivity index (χ3v) is 2.24. The van der Waals surface area contributed by atoms with E-state index in [4.69, 9.17) is 10.3 Å². The highest BCUT2D eigenvalue weighted by atomic mass is 32.2. The van der Waals surface area contributed by atoms with Gasteiger partial charge < -0.3 is 15.6 Å². The highest BCUT2D eigenvalue weighted by Gasteiger charge is 2.13. The van der Waals surface area contributed by atoms with Gasteiger partial charge in [-0.2, -0.15) is 0 Å². The first-order valence-corrected chi connectivity index (χ1v) is 5.81. The van der Waals surface area contributed by atoms with Crippen LogP contribution in [0.3, 0.4) is 0 Å². The summed E-state index contributed by atoms with van der Waals surface area (Å²) in [6, 6.07) is -0.406. The van der Waals surface area contributed by atoms with E-state index in [9.17, 15) is 4.79 Å². The highest BCUT2D eigenvalue weighted by molar-refractivity contribution is 7.93. The number of nitrogens with two attached hydrogens (primary N) is 1. The number of rotatable bonds is 7. The molecule has 0 radical (unpaired) electrons. The summed E-state index contributed by atoms with van der Waals surface area (Å²) >= 11 is 0.790. The molecule has 0 heterocycles. The normalized spacial score (nSPS) is 12.9. The molecule has 1 amide bonds. The van der Waals surface area contributed by atoms with Gasteiger partial charge in [0.15, 0.2) is 0 Å². The highest BCUT2D eigenvalue weighted by Crippen LogP contribution is 2.02. The fraction of sp³-hybridized carbons (Fsp3) is 0.889. The number of hydrogen-bond acceptors (Lipinski definition) is 4. The Balaban J connectivity index is 3.52. The second kappa shape index (κ2) is 8.08. The molecule has 1 unspecified atom stereocenters. The van der Waals surface area contributed by atoms with Gasteiger partial charge in [-0.15, -0.1) is 0 Å². The summed E-state index contributed by atoms with van der Waals surface area (Å²) in [5, 5.41) is 2.73. The molecule has 0 aromatic carbocycles. The molecule has 0 saturated carbocycles. The van der Waals surface area contributed by atoms with Crippen molar-refractivity contribution >= 4 is 17.9 Å². The Bertz CT molecular complexity index is 165. The Kier molecular flexibility index (Phi) is 7.93. The Morgan fingerprint density at radius 1 is 1.57 bits per heavy atom. The van der Waals surface area contributed by atoms with Crippen molar-refractivity contribution in [1.29, 1.82) is 0 Å². The van der Waals surface area contributed by atoms with Crippen LogP contribution in [0.25, 0.3) is 0 Å². The maximum absolute atomic E-state index is 11.3. The van der Waals surface area contributed by atoms with E-state index in [1.165, 1.54) is 0 Å². The molecule has 0 aromatic heterocycles. The zero-order valence-corrected chi connectivity index (χ0v) is 9.64. The molecule has 0 fully saturated rings. The van der Waals surface area contributed by atoms with Crippen molar-refractivity contribution in [3.05, 3.63) is 0 Å². The van der Waals surface area contributed by atoms with Gasteiger partial charge in [-0.05, 0) is 30.8 Å². The Morgan fingerprint density at radius 3 is 2.71 bits per heavy atom. The fourth-order valence-electron chi connectivity index (χ4n) is 1.09. The predicted molar refractivity (Wildman–Crippen MR) is 60.1 cm³/mol. The number of carbonyl (C=O) groups is 1. The zero-order chi connectivity index (χ0) is 11.0. The maximum Gasteiger partial charge on any atom is 0.236 e. The number of nitrogens with one attached hydrogen (secondary N) is 1. The van der Waals surface area contributed by atoms with E-state index in [0.717, 1.165) is 18.5 Å². The Labute approximate surface area is 89.8 Å². The van der Waals surface area contributed by atoms with Gasteiger partial charge in [0.1, 0.15) is 0 Å². The van der Waals surface area contributed by atoms with E-state index in [0.29, 0.717) is 24.6 Å². The smallest absolute Gasteiger partial charge is 0.236 e. The lowest BCUT2D eigenvalue weighted by atomic mass is 10.0. The third kappa shape index (κ3) is 7.17. The minimum absolute atomic E-state index is 0.0957. The number of carbonyl (C=O) groups excluding carboxylic acids is 1. The summed E-state index contributed by atoms with van der Waals surface area (Å²) in [5.74, 6) is 0.977. The van der Waals surface area contributed by atoms with Gasteiger partial charge in [-0.3, -0.25) is 4.79 Å². The average Bonchev–Trinajstić information content (AvgIpc) is 2.11. The topological polar surface area (TPSA) is 75.4 Å². The fourth-order valence-corrected chi connectivity index (χ4v) is 1.37. The monoisotopic (exact) mass is 220 g/mol. The molecule has 0 aromatic rings. The van der Waals surface area contributed by atoms with E-state index in [1.807, 2.05) is 13.8 Å². The van der Waals surface area contributed by atoms with Crippen LogP contribution in [0, 0.1) is 5.92 Å². The van der Waals surface area contributed by atoms with Gasteiger partial charge in [0.25, 0.3) is 0 Å². The van der Waals surface area contributed by atoms with Crippen molar-refractivity contribution in [3.8, 4) is 0 Å². The van der Waals surface area contributed by atoms with Gasteiger partial charge in [-0.1, -0.05) is 13.8 Å². The first-order chi connectivity index (χ1) is 6.57. The van der Waals surface area contributed by atoms with E-state index >= 15 is 0 Å². The van der Waals surface area contributed by atoms with Crippen molar-refractivity contribution in [3.63, 3.8) is 0 Å². The van der Waals surface area contributed by atoms with Crippen LogP contribution >= 0.6 is 12.0 Å². The molecule has 5 heteroatoms. The molecule has 0 bridgehead atoms. The minimum Gasteiger partial charge on any atom is -0.355 e. The summed E-state index contributed by atoms with van der Waals surface area (Å²) < 4.78 is 8.44. The van der Waals surface area contributed by atoms with Gasteiger partial charge in [0.05, 0.1) is 6.04 Å². The van der Waals surface area contributed by atoms with Crippen molar-refractivity contribution in [1.82, 2.24) is 5.32 Å². The average molecular weight is 220 g/mol. The van der Waals surface area contributed by atoms with Crippen LogP contribution in [0.2, 0.25) is 0 Å². The van der Waals surface area contributed by atoms with Crippen LogP contribution in [0.4, 0.5) is 0 Å². The van der Waals surface area contributed by atoms with Crippen LogP contribution in [-0.4, -0.2) is 28.8 Å². The second-order valence-electron chi connectivity index (χ2n) is 3.71. The van der Waals surface area contributed by atoms with Crippen LogP contribution in [0.15, 0.2) is 0 Å². The maximum atomic E-state index is 11.3. The number of amides is 1. The molecule has 0 spiro atoms. The second-order valence-corrected chi connectivity index (χ2v) is 4.38. The summed E-state index contributed by atoms with van der Waals surface area (Å²) in [4.78, 5) is 11.3. The molecule has 0 aliphatic carbocycles. The summed E-state index contributed by atoms with van der Waals surface area (Å²) in [7, 11) is 0. The summed E-state index contributed by atoms with van der Waals surface area (Å²) in [6.45, 7) is 4.66. The Hall–Kier alpha value is -0.260. The van der Waals surface area contributed by atoms with Crippen LogP contribution in [-0.2, 0) is 4.79 Å². The molecule has 84 valence electrons. The lowest BCUT2D eigenvalue weighted by Crippen LogP contribution is -2.41. The lowest BCUT2D eigenvalue weighted by molar-refractivity contribution is -0.122. The molecule has 1 atom stereocenters. The Morgan fingerprint density at radius 2 is 2.21 bits per heavy atom. The standard InChI is InChI=1S/C9H20N2O2S/c1-7(2)6-8(10)9(12)11-4-3-5-14-13/h7-8,13H,3-6,10H2,1-2H3,(H,11,12). The zero-order valence-electron chi connectivity index (χ0n) is 8.82. The predicted octanol–water partition coefficient (Wildman–Crippen LogP) is 1.07. The van der Waals surface area contributed by atoms with Crippen molar-refractivity contribution in [2.45, 2.75) is 32.7 Å². The van der Waals surface area contributed by atoms with E-state index < -0.39 is 6.04 Å². The quantitative estimate of drug-likeness (QED) is 0.443. The molecule has 4 nitrogen and oxygen atoms in total. The first-order valence-electron chi connectivity index (χ1n) is 4.87. The molecule has 0 aliphatic rings. The van der Waals surface area contributed by atoms with Crippen LogP contribution in [0.5, 0.6) is 0 Å². The first kappa shape index (κ1) is 13.7. The van der Waals surface area contributed by atoms with Crippen molar-refractivity contribution in [2.24, 2.45) is 11.7 Å². The van der Waals surface area contributed by atoms with E-state index in [2.05, 4.69) is 5.32 Å². The lowest BCUT2D eigenvalue weighted by Gasteiger charge is -2.13. The summed E-state index contributed by atoms with van der Waals surface area (Å²) in [5.41, 5.74) is 5.67. The minimum atomic E-state index is -0.406. The van der Waals surface area contributed by atoms with Gasteiger partial charge in [0.2, 0.25) is 5.91 Å². The largest absolute Gasteiger partial charge is 0.355 e. The SMILES string of the molecule is CC(C)CC(N)C(=O)NCCCSO. The number of hydrogen-bond donors (Lipinski definition) is 3. The molecule has 14 heavy (non-hydrogen) atoms. The summed E-state index contributed by atoms with van der Waals surface area (Å²) in [6.07, 6.45) is 1.47. The molecule has 0 saturated heterocycles. The molecule has 4 N–H and O–H groups in total. The molecule has 0 rings (SSSR count). The van der Waals surface area contributed by atoms with Gasteiger partial charge in [0, 0.05) is 12.3 Å². The molecular weight excluding hydrogens is 200 g/mol. The van der Waals surface area contributed by atoms with Crippen LogP contribution < -0.4 is 11.1 Å². The van der Waals surface area contributed by atoms with Gasteiger partial charge >= 0.3 is 0 Å². The van der Waals surface area contributed by atoms with Crippen molar-refractivity contribution in [2.75, 3.05) is 12.3 Å². The van der Waals surface area contributed by atoms with Gasteiger partial charge in [-0.25, -0.2) is 0 Å². The van der Waals surface area contributed by atoms with Crippen molar-refractivity contribution < 1.29 is 9.35 Å².